The second-order valence-corrected chi connectivity index (χ2v) is 36.0. The summed E-state index contributed by atoms with van der Waals surface area (Å²) < 4.78 is 0. The topological polar surface area (TPSA) is 662 Å². The van der Waals surface area contributed by atoms with Gasteiger partial charge in [0.2, 0.25) is 100 Å². The van der Waals surface area contributed by atoms with Crippen molar-refractivity contribution in [3.63, 3.8) is 0 Å². The lowest BCUT2D eigenvalue weighted by Crippen LogP contribution is -2.63. The van der Waals surface area contributed by atoms with Crippen molar-refractivity contribution in [2.24, 2.45) is 52.3 Å². The number of hydrogen-bond acceptors (Lipinski definition) is 22. The fourth-order valence-corrected chi connectivity index (χ4v) is 15.4. The van der Waals surface area contributed by atoms with E-state index in [1.807, 2.05) is 31.2 Å². The first-order valence-electron chi connectivity index (χ1n) is 46.3. The molecular weight excluding hydrogens is 1800 g/mol. The number of H-pyrrole nitrogens is 1. The molecule has 0 bridgehead atoms. The number of unbranched alkanes of at least 4 members (excludes halogenated alkanes) is 1. The number of carbonyl (C=O) groups excluding carboxylic acids is 17. The van der Waals surface area contributed by atoms with Crippen molar-refractivity contribution in [3.05, 3.63) is 180 Å². The van der Waals surface area contributed by atoms with Crippen molar-refractivity contribution in [3.8, 4) is 0 Å². The Morgan fingerprint density at radius 3 is 1.04 bits per heavy atom. The molecular formula is C97H136N20O20S. The van der Waals surface area contributed by atoms with Crippen LogP contribution in [0.15, 0.2) is 152 Å². The molecule has 0 aliphatic rings. The Balaban J connectivity index is 1.19. The van der Waals surface area contributed by atoms with Gasteiger partial charge in [-0.3, -0.25) is 81.5 Å². The maximum Gasteiger partial charge on any atom is 0.326 e. The highest BCUT2D eigenvalue weighted by molar-refractivity contribution is 7.80. The number of aromatic amines is 1. The summed E-state index contributed by atoms with van der Waals surface area (Å²) in [4.78, 5) is 257. The molecule has 17 atom stereocenters. The van der Waals surface area contributed by atoms with E-state index in [4.69, 9.17) is 28.7 Å². The fraction of sp³-hybridized carbons (Fsp3) is 0.485. The Morgan fingerprint density at radius 2 is 0.674 bits per heavy atom. The van der Waals surface area contributed by atoms with Gasteiger partial charge in [-0.25, -0.2) is 4.79 Å². The average Bonchev–Trinajstić information content (AvgIpc) is 1.68. The first kappa shape index (κ1) is 113. The highest BCUT2D eigenvalue weighted by Crippen LogP contribution is 2.22. The predicted molar refractivity (Wildman–Crippen MR) is 518 cm³/mol. The number of benzene rings is 5. The maximum absolute atomic E-state index is 14.9. The van der Waals surface area contributed by atoms with Crippen molar-refractivity contribution in [2.45, 2.75) is 262 Å². The number of aromatic nitrogens is 1. The first-order chi connectivity index (χ1) is 65.5. The molecule has 27 N–H and O–H groups in total. The molecule has 0 radical (unpaired) electrons. The second kappa shape index (κ2) is 57.4. The number of aliphatic hydroxyl groups excluding tert-OH is 1. The third-order valence-corrected chi connectivity index (χ3v) is 23.3. The van der Waals surface area contributed by atoms with E-state index >= 15 is 0 Å². The lowest BCUT2D eigenvalue weighted by molar-refractivity contribution is -0.143. The quantitative estimate of drug-likeness (QED) is 0.0169. The lowest BCUT2D eigenvalue weighted by atomic mass is 9.96. The number of para-hydroxylation sites is 1. The standard InChI is InChI=1S/C97H136N20O20S/c1-10-56(8)81(116-83(122)64(99)49-62-51-103-65-36-24-23-35-63(62)65)95(134)113-73(47-60-31-19-13-20-32-60)91(130)108-70(44-54(4)5)87(126)104-66(37-25-26-42-98)84(123)105-67(38-40-77(100)119)85(124)107-69(43-53(2)3)88(127)106-68(39-41-78(101)120)86(125)112-75(50-79(102)121)93(132)117-82(57(9)118)96(135)114-76(52-138)94(133)111-72(46-59-29-17-12-18-30-59)90(129)109-71(45-58-27-15-11-16-28-58)89(128)110-74(48-61-33-21-14-22-34-61)92(131)115-80(55(6)7)97(136)137/h11-24,27-36,51,53-57,64,66-76,80-82,103,118,138H,10,25-26,37-50,52,98-99H2,1-9H3,(H2,100,119)(H2,101,120)(H2,102,121)(H,104,126)(H,105,123)(H,106,127)(H,107,124)(H,108,130)(H,109,129)(H,110,128)(H,111,133)(H,112,125)(H,113,134)(H,114,135)(H,115,131)(H,116,122)(H,117,132)(H,136,137)/t56-,57+,64-,66-,67-,68-,69-,70-,71-,72-,73-,74-,75-,76-,80-,81-,82-/m0/s1. The third-order valence-electron chi connectivity index (χ3n) is 22.9. The van der Waals surface area contributed by atoms with E-state index in [2.05, 4.69) is 92.0 Å². The zero-order valence-corrected chi connectivity index (χ0v) is 80.2. The molecule has 0 aliphatic carbocycles. The zero-order chi connectivity index (χ0) is 102. The van der Waals surface area contributed by atoms with Gasteiger partial charge in [-0.05, 0) is 122 Å². The number of thiol groups is 1. The minimum absolute atomic E-state index is 0.0192. The van der Waals surface area contributed by atoms with Crippen LogP contribution in [-0.4, -0.2) is 231 Å². The Bertz CT molecular complexity index is 5090. The van der Waals surface area contributed by atoms with E-state index in [0.717, 1.165) is 23.4 Å². The third kappa shape index (κ3) is 38.1. The summed E-state index contributed by atoms with van der Waals surface area (Å²) in [7, 11) is 0. The molecule has 0 fully saturated rings. The smallest absolute Gasteiger partial charge is 0.326 e. The van der Waals surface area contributed by atoms with Gasteiger partial charge in [0.05, 0.1) is 18.6 Å². The number of carbonyl (C=O) groups is 18. The number of carboxylic acid groups (broad SMARTS) is 1. The van der Waals surface area contributed by atoms with Crippen LogP contribution in [0.25, 0.3) is 10.9 Å². The van der Waals surface area contributed by atoms with Crippen molar-refractivity contribution < 1.29 is 96.5 Å². The Labute approximate surface area is 807 Å². The maximum atomic E-state index is 14.9. The molecule has 17 amide bonds. The fourth-order valence-electron chi connectivity index (χ4n) is 15.1. The minimum atomic E-state index is -2.06. The minimum Gasteiger partial charge on any atom is -0.480 e. The van der Waals surface area contributed by atoms with Crippen molar-refractivity contribution in [1.82, 2.24) is 79.4 Å². The van der Waals surface area contributed by atoms with Gasteiger partial charge in [0.1, 0.15) is 84.6 Å². The van der Waals surface area contributed by atoms with E-state index < -0.39 is 259 Å². The molecule has 40 nitrogen and oxygen atoms in total. The number of fused-ring (bicyclic) bond motifs is 1. The SMILES string of the molecule is CC[C@H](C)[C@H](NC(=O)[C@@H](N)Cc1c[nH]c2ccccc12)C(=O)N[C@@H](Cc1ccccc1)C(=O)N[C@@H](CC(C)C)C(=O)N[C@@H](CCCCN)C(=O)N[C@@H](CCC(N)=O)C(=O)N[C@@H](CC(C)C)C(=O)N[C@@H](CCC(N)=O)C(=O)N[C@@H](CC(N)=O)C(=O)N[C@H](C(=O)N[C@@H](CS)C(=O)N[C@@H](Cc1ccccc1)C(=O)N[C@@H](Cc1ccccc1)C(=O)N[C@@H](Cc1ccccc1)C(=O)N[C@H](C(=O)O)C(C)C)[C@@H](C)O. The first-order valence-corrected chi connectivity index (χ1v) is 46.9. The molecule has 0 unspecified atom stereocenters. The van der Waals surface area contributed by atoms with Gasteiger partial charge >= 0.3 is 5.97 Å². The van der Waals surface area contributed by atoms with Gasteiger partial charge in [-0.15, -0.1) is 0 Å². The normalized spacial score (nSPS) is 15.0. The molecule has 0 spiro atoms. The molecule has 6 aromatic rings. The van der Waals surface area contributed by atoms with Crippen molar-refractivity contribution in [1.29, 1.82) is 0 Å². The highest BCUT2D eigenvalue weighted by Gasteiger charge is 2.41. The van der Waals surface area contributed by atoms with Crippen molar-refractivity contribution in [2.75, 3.05) is 12.3 Å². The Kier molecular flexibility index (Phi) is 47.0. The van der Waals surface area contributed by atoms with E-state index in [9.17, 15) is 96.5 Å². The van der Waals surface area contributed by atoms with Crippen molar-refractivity contribution >= 4 is 130 Å². The molecule has 750 valence electrons. The van der Waals surface area contributed by atoms with Crippen LogP contribution in [0.2, 0.25) is 0 Å². The zero-order valence-electron chi connectivity index (χ0n) is 79.3. The predicted octanol–water partition coefficient (Wildman–Crippen LogP) is -0.479. The summed E-state index contributed by atoms with van der Waals surface area (Å²) in [5.41, 5.74) is 33.0. The van der Waals surface area contributed by atoms with Gasteiger partial charge in [-0.2, -0.15) is 12.6 Å². The van der Waals surface area contributed by atoms with E-state index in [0.29, 0.717) is 35.1 Å². The lowest BCUT2D eigenvalue weighted by Gasteiger charge is -2.29. The molecule has 0 saturated carbocycles. The summed E-state index contributed by atoms with van der Waals surface area (Å²) in [5.74, 6) is -20.6. The van der Waals surface area contributed by atoms with Gasteiger partial charge in [-0.1, -0.05) is 201 Å². The molecule has 41 heteroatoms. The number of carboxylic acids is 1. The van der Waals surface area contributed by atoms with Crippen LogP contribution in [-0.2, 0) is 118 Å². The molecule has 138 heavy (non-hydrogen) atoms. The molecule has 0 aliphatic heterocycles. The van der Waals surface area contributed by atoms with Crippen LogP contribution in [0, 0.1) is 23.7 Å². The largest absolute Gasteiger partial charge is 0.480 e. The summed E-state index contributed by atoms with van der Waals surface area (Å²) >= 11 is 4.32. The highest BCUT2D eigenvalue weighted by atomic mass is 32.1. The Morgan fingerprint density at radius 1 is 0.355 bits per heavy atom. The number of nitrogens with one attached hydrogen (secondary N) is 15. The number of aliphatic carboxylic acids is 1. The van der Waals surface area contributed by atoms with Gasteiger partial charge in [0.15, 0.2) is 0 Å². The van der Waals surface area contributed by atoms with Crippen LogP contribution >= 0.6 is 12.6 Å². The van der Waals surface area contributed by atoms with Crippen LogP contribution in [0.4, 0.5) is 0 Å². The number of rotatable bonds is 60. The average molecular weight is 1930 g/mol. The van der Waals surface area contributed by atoms with Crippen LogP contribution < -0.4 is 103 Å². The Hall–Kier alpha value is -13.7. The molecule has 1 aromatic heterocycles. The van der Waals surface area contributed by atoms with Crippen LogP contribution in [0.5, 0.6) is 0 Å². The number of aliphatic hydroxyl groups is 1. The summed E-state index contributed by atoms with van der Waals surface area (Å²) in [6, 6.07) is 18.2. The van der Waals surface area contributed by atoms with Crippen LogP contribution in [0.1, 0.15) is 161 Å². The van der Waals surface area contributed by atoms with Gasteiger partial charge < -0.3 is 118 Å². The van der Waals surface area contributed by atoms with E-state index in [-0.39, 0.29) is 70.3 Å². The number of nitrogens with two attached hydrogens (primary N) is 5. The van der Waals surface area contributed by atoms with Gasteiger partial charge in [0.25, 0.3) is 0 Å². The molecule has 5 aromatic carbocycles. The second-order valence-electron chi connectivity index (χ2n) is 35.7. The molecule has 1 heterocycles. The summed E-state index contributed by atoms with van der Waals surface area (Å²) in [5, 5.41) is 58.2. The number of hydrogen-bond donors (Lipinski definition) is 23. The summed E-state index contributed by atoms with van der Waals surface area (Å²) in [6.45, 7) is 14.8. The van der Waals surface area contributed by atoms with E-state index in [1.54, 1.807) is 176 Å². The molecule has 0 saturated heterocycles. The van der Waals surface area contributed by atoms with Crippen LogP contribution in [0.3, 0.4) is 0 Å². The summed E-state index contributed by atoms with van der Waals surface area (Å²) in [6.07, 6.45) is -3.23. The molecule has 6 rings (SSSR count). The van der Waals surface area contributed by atoms with Gasteiger partial charge in [0, 0.05) is 61.4 Å². The van der Waals surface area contributed by atoms with E-state index in [1.165, 1.54) is 0 Å². The number of primary amides is 3. The number of amides is 17. The monoisotopic (exact) mass is 1930 g/mol.